The molecule has 1 aromatic carbocycles. The zero-order chi connectivity index (χ0) is 16.7. The van der Waals surface area contributed by atoms with Crippen molar-refractivity contribution in [1.29, 1.82) is 0 Å². The van der Waals surface area contributed by atoms with E-state index in [4.69, 9.17) is 4.74 Å². The van der Waals surface area contributed by atoms with Gasteiger partial charge in [-0.3, -0.25) is 4.99 Å². The number of benzene rings is 1. The number of methoxy groups -OCH3 is 1. The average molecular weight is 460 g/mol. The lowest BCUT2D eigenvalue weighted by molar-refractivity contribution is 0.411. The van der Waals surface area contributed by atoms with Crippen molar-refractivity contribution in [2.45, 2.75) is 26.8 Å². The van der Waals surface area contributed by atoms with E-state index >= 15 is 0 Å². The first-order valence-electron chi connectivity index (χ1n) is 7.61. The molecule has 1 aromatic heterocycles. The van der Waals surface area contributed by atoms with Crippen LogP contribution >= 0.6 is 35.3 Å². The molecule has 2 aromatic rings. The smallest absolute Gasteiger partial charge is 0.191 e. The number of nitrogens with one attached hydrogen (secondary N) is 2. The topological polar surface area (TPSA) is 58.5 Å². The van der Waals surface area contributed by atoms with Crippen molar-refractivity contribution in [2.24, 2.45) is 4.99 Å². The molecule has 0 saturated heterocycles. The first kappa shape index (κ1) is 20.7. The zero-order valence-corrected chi connectivity index (χ0v) is 17.7. The second kappa shape index (κ2) is 10.5. The molecule has 2 rings (SSSR count). The van der Waals surface area contributed by atoms with E-state index in [0.717, 1.165) is 47.5 Å². The highest BCUT2D eigenvalue weighted by Crippen LogP contribution is 2.18. The summed E-state index contributed by atoms with van der Waals surface area (Å²) < 4.78 is 5.28. The summed E-state index contributed by atoms with van der Waals surface area (Å²) in [6, 6.07) is 6.18. The van der Waals surface area contributed by atoms with Gasteiger partial charge in [0.15, 0.2) is 5.96 Å². The van der Waals surface area contributed by atoms with Gasteiger partial charge >= 0.3 is 0 Å². The van der Waals surface area contributed by atoms with Crippen LogP contribution in [0.15, 0.2) is 28.6 Å². The maximum absolute atomic E-state index is 5.28. The molecule has 0 saturated carbocycles. The average Bonchev–Trinajstić information content (AvgIpc) is 2.96. The van der Waals surface area contributed by atoms with Crippen LogP contribution < -0.4 is 15.4 Å². The molecule has 0 bridgehead atoms. The molecule has 24 heavy (non-hydrogen) atoms. The SMILES string of the molecule is CN=C(NCCc1csc(C)n1)NCc1ccc(OC)c(C)c1.I. The van der Waals surface area contributed by atoms with Crippen molar-refractivity contribution in [3.8, 4) is 5.75 Å². The van der Waals surface area contributed by atoms with Crippen molar-refractivity contribution in [3.05, 3.63) is 45.4 Å². The lowest BCUT2D eigenvalue weighted by Crippen LogP contribution is -2.37. The number of rotatable bonds is 6. The lowest BCUT2D eigenvalue weighted by atomic mass is 10.1. The van der Waals surface area contributed by atoms with Crippen LogP contribution in [-0.4, -0.2) is 31.6 Å². The fourth-order valence-corrected chi connectivity index (χ4v) is 2.94. The fourth-order valence-electron chi connectivity index (χ4n) is 2.29. The molecule has 2 N–H and O–H groups in total. The van der Waals surface area contributed by atoms with Crippen molar-refractivity contribution < 1.29 is 4.74 Å². The highest BCUT2D eigenvalue weighted by molar-refractivity contribution is 14.0. The summed E-state index contributed by atoms with van der Waals surface area (Å²) in [7, 11) is 3.47. The standard InChI is InChI=1S/C17H24N4OS.HI/c1-12-9-14(5-6-16(12)22-4)10-20-17(18-3)19-8-7-15-11-23-13(2)21-15;/h5-6,9,11H,7-8,10H2,1-4H3,(H2,18,19,20);1H. The second-order valence-corrected chi connectivity index (χ2v) is 6.33. The highest BCUT2D eigenvalue weighted by Gasteiger charge is 2.03. The summed E-state index contributed by atoms with van der Waals surface area (Å²) in [4.78, 5) is 8.71. The van der Waals surface area contributed by atoms with Gasteiger partial charge in [0, 0.05) is 31.9 Å². The Morgan fingerprint density at radius 1 is 1.29 bits per heavy atom. The summed E-state index contributed by atoms with van der Waals surface area (Å²) in [5, 5.41) is 9.85. The number of ether oxygens (including phenoxy) is 1. The fraction of sp³-hybridized carbons (Fsp3) is 0.412. The third kappa shape index (κ3) is 6.27. The van der Waals surface area contributed by atoms with E-state index in [1.807, 2.05) is 19.9 Å². The summed E-state index contributed by atoms with van der Waals surface area (Å²) in [5.41, 5.74) is 3.45. The molecule has 132 valence electrons. The third-order valence-electron chi connectivity index (χ3n) is 3.48. The van der Waals surface area contributed by atoms with Crippen molar-refractivity contribution >= 4 is 41.3 Å². The number of hydrogen-bond donors (Lipinski definition) is 2. The minimum atomic E-state index is 0. The van der Waals surface area contributed by atoms with Gasteiger partial charge in [0.2, 0.25) is 0 Å². The Morgan fingerprint density at radius 2 is 2.08 bits per heavy atom. The van der Waals surface area contributed by atoms with Gasteiger partial charge in [-0.1, -0.05) is 12.1 Å². The number of guanidine groups is 1. The number of thiazole rings is 1. The minimum Gasteiger partial charge on any atom is -0.496 e. The molecule has 7 heteroatoms. The molecule has 0 aliphatic carbocycles. The summed E-state index contributed by atoms with van der Waals surface area (Å²) in [6.45, 7) is 5.61. The molecule has 0 spiro atoms. The monoisotopic (exact) mass is 460 g/mol. The Hall–Kier alpha value is -1.35. The minimum absolute atomic E-state index is 0. The molecular weight excluding hydrogens is 435 g/mol. The van der Waals surface area contributed by atoms with Crippen molar-refractivity contribution in [2.75, 3.05) is 20.7 Å². The number of nitrogens with zero attached hydrogens (tertiary/aromatic N) is 2. The number of hydrogen-bond acceptors (Lipinski definition) is 4. The van der Waals surface area contributed by atoms with Gasteiger partial charge in [-0.05, 0) is 31.0 Å². The Morgan fingerprint density at radius 3 is 2.67 bits per heavy atom. The summed E-state index contributed by atoms with van der Waals surface area (Å²) in [5.74, 6) is 1.71. The largest absolute Gasteiger partial charge is 0.496 e. The molecule has 0 aliphatic heterocycles. The second-order valence-electron chi connectivity index (χ2n) is 5.26. The molecule has 5 nitrogen and oxygen atoms in total. The Kier molecular flexibility index (Phi) is 9.05. The van der Waals surface area contributed by atoms with Crippen LogP contribution in [0.2, 0.25) is 0 Å². The molecule has 0 atom stereocenters. The molecule has 0 radical (unpaired) electrons. The highest BCUT2D eigenvalue weighted by atomic mass is 127. The van der Waals surface area contributed by atoms with E-state index in [1.165, 1.54) is 5.56 Å². The quantitative estimate of drug-likeness (QED) is 0.395. The number of halogens is 1. The molecule has 1 heterocycles. The predicted molar refractivity (Wildman–Crippen MR) is 112 cm³/mol. The van der Waals surface area contributed by atoms with Gasteiger partial charge in [0.05, 0.1) is 17.8 Å². The summed E-state index contributed by atoms with van der Waals surface area (Å²) >= 11 is 1.69. The van der Waals surface area contributed by atoms with Crippen LogP contribution in [0.25, 0.3) is 0 Å². The van der Waals surface area contributed by atoms with Gasteiger partial charge in [-0.2, -0.15) is 0 Å². The molecule has 0 aliphatic rings. The normalized spacial score (nSPS) is 10.9. The zero-order valence-electron chi connectivity index (χ0n) is 14.5. The van der Waals surface area contributed by atoms with E-state index in [-0.39, 0.29) is 24.0 Å². The van der Waals surface area contributed by atoms with Gasteiger partial charge in [-0.15, -0.1) is 35.3 Å². The van der Waals surface area contributed by atoms with Gasteiger partial charge < -0.3 is 15.4 Å². The van der Waals surface area contributed by atoms with E-state index in [9.17, 15) is 0 Å². The Balaban J connectivity index is 0.00000288. The number of aromatic nitrogens is 1. The predicted octanol–water partition coefficient (Wildman–Crippen LogP) is 3.29. The van der Waals surface area contributed by atoms with Crippen LogP contribution in [0.3, 0.4) is 0 Å². The molecule has 0 fully saturated rings. The van der Waals surface area contributed by atoms with Crippen LogP contribution in [0, 0.1) is 13.8 Å². The number of aliphatic imine (C=N–C) groups is 1. The first-order valence-corrected chi connectivity index (χ1v) is 8.49. The van der Waals surface area contributed by atoms with E-state index in [2.05, 4.69) is 38.1 Å². The van der Waals surface area contributed by atoms with E-state index in [0.29, 0.717) is 0 Å². The van der Waals surface area contributed by atoms with Gasteiger partial charge in [-0.25, -0.2) is 4.98 Å². The Labute approximate surface area is 165 Å². The maximum atomic E-state index is 5.28. The van der Waals surface area contributed by atoms with Crippen LogP contribution in [0.1, 0.15) is 21.8 Å². The van der Waals surface area contributed by atoms with Crippen LogP contribution in [-0.2, 0) is 13.0 Å². The van der Waals surface area contributed by atoms with E-state index < -0.39 is 0 Å². The van der Waals surface area contributed by atoms with Crippen molar-refractivity contribution in [3.63, 3.8) is 0 Å². The van der Waals surface area contributed by atoms with Gasteiger partial charge in [0.1, 0.15) is 5.75 Å². The van der Waals surface area contributed by atoms with Gasteiger partial charge in [0.25, 0.3) is 0 Å². The third-order valence-corrected chi connectivity index (χ3v) is 4.31. The maximum Gasteiger partial charge on any atom is 0.191 e. The Bertz CT molecular complexity index is 672. The lowest BCUT2D eigenvalue weighted by Gasteiger charge is -2.12. The van der Waals surface area contributed by atoms with Crippen LogP contribution in [0.4, 0.5) is 0 Å². The molecule has 0 amide bonds. The number of aryl methyl sites for hydroxylation is 2. The molecular formula is C17H25IN4OS. The molecule has 0 unspecified atom stereocenters. The summed E-state index contributed by atoms with van der Waals surface area (Å²) in [6.07, 6.45) is 0.896. The first-order chi connectivity index (χ1) is 11.1. The van der Waals surface area contributed by atoms with Crippen LogP contribution in [0.5, 0.6) is 5.75 Å². The van der Waals surface area contributed by atoms with Crippen molar-refractivity contribution in [1.82, 2.24) is 15.6 Å². The van der Waals surface area contributed by atoms with E-state index in [1.54, 1.807) is 25.5 Å².